The summed E-state index contributed by atoms with van der Waals surface area (Å²) in [6.45, 7) is 1.31. The van der Waals surface area contributed by atoms with Gasteiger partial charge in [0, 0.05) is 16.0 Å². The molecule has 0 unspecified atom stereocenters. The van der Waals surface area contributed by atoms with Crippen molar-refractivity contribution < 1.29 is 4.74 Å². The fourth-order valence-corrected chi connectivity index (χ4v) is 2.91. The molecule has 2 aromatic carbocycles. The standard InChI is InChI=1S/C16H10Cl2N2O/c17-12-3-4-14-13(6-12)15(18)20-16(19-14)9-1-2-10-7-21-8-11(10)5-9/h1-6H,7-8H2. The first-order valence-corrected chi connectivity index (χ1v) is 7.29. The Balaban J connectivity index is 1.89. The molecule has 0 spiro atoms. The van der Waals surface area contributed by atoms with E-state index in [0.29, 0.717) is 29.2 Å². The Morgan fingerprint density at radius 1 is 0.905 bits per heavy atom. The molecule has 1 aliphatic heterocycles. The number of hydrogen-bond donors (Lipinski definition) is 0. The lowest BCUT2D eigenvalue weighted by molar-refractivity contribution is 0.134. The van der Waals surface area contributed by atoms with Crippen LogP contribution in [0.1, 0.15) is 11.1 Å². The van der Waals surface area contributed by atoms with Crippen molar-refractivity contribution in [1.29, 1.82) is 0 Å². The molecule has 2 heterocycles. The SMILES string of the molecule is Clc1ccc2nc(-c3ccc4c(c3)COC4)nc(Cl)c2c1. The van der Waals surface area contributed by atoms with E-state index >= 15 is 0 Å². The number of aromatic nitrogens is 2. The third-order valence-electron chi connectivity index (χ3n) is 3.59. The molecule has 5 heteroatoms. The van der Waals surface area contributed by atoms with E-state index in [-0.39, 0.29) is 0 Å². The van der Waals surface area contributed by atoms with E-state index in [2.05, 4.69) is 22.1 Å². The molecule has 1 aromatic heterocycles. The van der Waals surface area contributed by atoms with Crippen molar-refractivity contribution in [2.45, 2.75) is 13.2 Å². The molecule has 0 radical (unpaired) electrons. The number of rotatable bonds is 1. The van der Waals surface area contributed by atoms with Crippen molar-refractivity contribution in [3.05, 3.63) is 57.7 Å². The monoisotopic (exact) mass is 316 g/mol. The largest absolute Gasteiger partial charge is 0.372 e. The van der Waals surface area contributed by atoms with Crippen molar-refractivity contribution in [3.8, 4) is 11.4 Å². The molecule has 4 rings (SSSR count). The second kappa shape index (κ2) is 4.95. The fraction of sp³-hybridized carbons (Fsp3) is 0.125. The Labute approximate surface area is 131 Å². The fourth-order valence-electron chi connectivity index (χ4n) is 2.50. The van der Waals surface area contributed by atoms with Crippen LogP contribution in [0.4, 0.5) is 0 Å². The van der Waals surface area contributed by atoms with Crippen LogP contribution in [-0.2, 0) is 18.0 Å². The smallest absolute Gasteiger partial charge is 0.161 e. The minimum Gasteiger partial charge on any atom is -0.372 e. The van der Waals surface area contributed by atoms with Gasteiger partial charge in [-0.15, -0.1) is 0 Å². The maximum Gasteiger partial charge on any atom is 0.161 e. The predicted octanol–water partition coefficient (Wildman–Crippen LogP) is 4.63. The normalized spacial score (nSPS) is 13.6. The molecule has 0 saturated carbocycles. The van der Waals surface area contributed by atoms with Gasteiger partial charge in [-0.05, 0) is 35.4 Å². The van der Waals surface area contributed by atoms with Crippen LogP contribution in [0.3, 0.4) is 0 Å². The minimum absolute atomic E-state index is 0.411. The van der Waals surface area contributed by atoms with Gasteiger partial charge in [0.05, 0.1) is 18.7 Å². The molecular weight excluding hydrogens is 307 g/mol. The Kier molecular flexibility index (Phi) is 3.07. The highest BCUT2D eigenvalue weighted by Gasteiger charge is 2.14. The lowest BCUT2D eigenvalue weighted by Gasteiger charge is -2.06. The molecule has 0 saturated heterocycles. The van der Waals surface area contributed by atoms with E-state index in [9.17, 15) is 0 Å². The summed E-state index contributed by atoms with van der Waals surface area (Å²) in [6.07, 6.45) is 0. The maximum atomic E-state index is 6.27. The van der Waals surface area contributed by atoms with Crippen LogP contribution in [-0.4, -0.2) is 9.97 Å². The first kappa shape index (κ1) is 13.0. The van der Waals surface area contributed by atoms with Crippen molar-refractivity contribution in [2.24, 2.45) is 0 Å². The first-order valence-electron chi connectivity index (χ1n) is 6.53. The average Bonchev–Trinajstić information content (AvgIpc) is 2.95. The number of ether oxygens (including phenoxy) is 1. The van der Waals surface area contributed by atoms with Gasteiger partial charge in [0.25, 0.3) is 0 Å². The Hall–Kier alpha value is -1.68. The van der Waals surface area contributed by atoms with Crippen LogP contribution in [0.25, 0.3) is 22.3 Å². The second-order valence-corrected chi connectivity index (χ2v) is 5.77. The van der Waals surface area contributed by atoms with Gasteiger partial charge in [0.1, 0.15) is 5.15 Å². The number of hydrogen-bond acceptors (Lipinski definition) is 3. The summed E-state index contributed by atoms with van der Waals surface area (Å²) < 4.78 is 5.43. The zero-order valence-corrected chi connectivity index (χ0v) is 12.4. The van der Waals surface area contributed by atoms with E-state index in [1.807, 2.05) is 12.1 Å². The highest BCUT2D eigenvalue weighted by atomic mass is 35.5. The van der Waals surface area contributed by atoms with Crippen LogP contribution in [0.15, 0.2) is 36.4 Å². The predicted molar refractivity (Wildman–Crippen MR) is 83.5 cm³/mol. The third kappa shape index (κ3) is 2.27. The van der Waals surface area contributed by atoms with Gasteiger partial charge < -0.3 is 4.74 Å². The highest BCUT2D eigenvalue weighted by Crippen LogP contribution is 2.29. The number of halogens is 2. The van der Waals surface area contributed by atoms with Crippen LogP contribution in [0, 0.1) is 0 Å². The van der Waals surface area contributed by atoms with Crippen molar-refractivity contribution >= 4 is 34.1 Å². The van der Waals surface area contributed by atoms with Gasteiger partial charge in [-0.1, -0.05) is 35.3 Å². The molecule has 3 nitrogen and oxygen atoms in total. The molecule has 21 heavy (non-hydrogen) atoms. The van der Waals surface area contributed by atoms with Gasteiger partial charge in [-0.2, -0.15) is 0 Å². The van der Waals surface area contributed by atoms with Gasteiger partial charge in [-0.25, -0.2) is 9.97 Å². The quantitative estimate of drug-likeness (QED) is 0.614. The summed E-state index contributed by atoms with van der Waals surface area (Å²) in [4.78, 5) is 8.97. The topological polar surface area (TPSA) is 35.0 Å². The molecule has 104 valence electrons. The molecule has 3 aromatic rings. The molecule has 0 amide bonds. The second-order valence-electron chi connectivity index (χ2n) is 4.98. The van der Waals surface area contributed by atoms with Crippen molar-refractivity contribution in [2.75, 3.05) is 0 Å². The van der Waals surface area contributed by atoms with Crippen LogP contribution in [0.2, 0.25) is 10.2 Å². The molecule has 1 aliphatic rings. The van der Waals surface area contributed by atoms with Gasteiger partial charge in [-0.3, -0.25) is 0 Å². The van der Waals surface area contributed by atoms with E-state index in [1.54, 1.807) is 12.1 Å². The highest BCUT2D eigenvalue weighted by molar-refractivity contribution is 6.35. The molecule has 0 atom stereocenters. The molecule has 0 fully saturated rings. The maximum absolute atomic E-state index is 6.27. The van der Waals surface area contributed by atoms with Crippen LogP contribution < -0.4 is 0 Å². The zero-order valence-electron chi connectivity index (χ0n) is 10.9. The summed E-state index contributed by atoms with van der Waals surface area (Å²) in [7, 11) is 0. The molecule has 0 N–H and O–H groups in total. The molecule has 0 aliphatic carbocycles. The van der Waals surface area contributed by atoms with Crippen molar-refractivity contribution in [3.63, 3.8) is 0 Å². The van der Waals surface area contributed by atoms with Gasteiger partial charge >= 0.3 is 0 Å². The Morgan fingerprint density at radius 3 is 2.67 bits per heavy atom. The van der Waals surface area contributed by atoms with E-state index in [1.165, 1.54) is 11.1 Å². The van der Waals surface area contributed by atoms with Crippen molar-refractivity contribution in [1.82, 2.24) is 9.97 Å². The minimum atomic E-state index is 0.411. The number of fused-ring (bicyclic) bond motifs is 2. The summed E-state index contributed by atoms with van der Waals surface area (Å²) in [5.74, 6) is 0.615. The lowest BCUT2D eigenvalue weighted by atomic mass is 10.1. The zero-order chi connectivity index (χ0) is 14.4. The van der Waals surface area contributed by atoms with Crippen LogP contribution >= 0.6 is 23.2 Å². The van der Waals surface area contributed by atoms with E-state index in [0.717, 1.165) is 16.5 Å². The Morgan fingerprint density at radius 2 is 1.76 bits per heavy atom. The van der Waals surface area contributed by atoms with Gasteiger partial charge in [0.2, 0.25) is 0 Å². The summed E-state index contributed by atoms with van der Waals surface area (Å²) in [5, 5.41) is 1.79. The Bertz CT molecular complexity index is 864. The van der Waals surface area contributed by atoms with Gasteiger partial charge in [0.15, 0.2) is 5.82 Å². The lowest BCUT2D eigenvalue weighted by Crippen LogP contribution is -1.93. The first-order chi connectivity index (χ1) is 10.2. The van der Waals surface area contributed by atoms with E-state index in [4.69, 9.17) is 27.9 Å². The van der Waals surface area contributed by atoms with E-state index < -0.39 is 0 Å². The average molecular weight is 317 g/mol. The van der Waals surface area contributed by atoms with Crippen LogP contribution in [0.5, 0.6) is 0 Å². The third-order valence-corrected chi connectivity index (χ3v) is 4.11. The summed E-state index contributed by atoms with van der Waals surface area (Å²) in [6, 6.07) is 11.6. The summed E-state index contributed by atoms with van der Waals surface area (Å²) >= 11 is 12.3. The number of nitrogens with zero attached hydrogens (tertiary/aromatic N) is 2. The molecule has 0 bridgehead atoms. The number of benzene rings is 2. The summed E-state index contributed by atoms with van der Waals surface area (Å²) in [5.41, 5.74) is 4.13. The molecular formula is C16H10Cl2N2O.